The maximum absolute atomic E-state index is 11.6. The van der Waals surface area contributed by atoms with Gasteiger partial charge in [0.05, 0.1) is 13.2 Å². The topological polar surface area (TPSA) is 44.8 Å². The van der Waals surface area contributed by atoms with Gasteiger partial charge in [-0.15, -0.1) is 0 Å². The summed E-state index contributed by atoms with van der Waals surface area (Å²) in [6.45, 7) is 5.29. The molecule has 116 valence electrons. The highest BCUT2D eigenvalue weighted by molar-refractivity contribution is 5.90. The fourth-order valence-corrected chi connectivity index (χ4v) is 2.32. The van der Waals surface area contributed by atoms with E-state index in [-0.39, 0.29) is 11.9 Å². The lowest BCUT2D eigenvalue weighted by Crippen LogP contribution is -2.52. The average Bonchev–Trinajstić information content (AvgIpc) is 2.51. The number of carbonyl (C=O) groups excluding carboxylic acids is 1. The SMILES string of the molecule is CCC(C)c1ccc(OC2CC(=O)C2OCCOC)cc1. The van der Waals surface area contributed by atoms with Crippen molar-refractivity contribution in [3.05, 3.63) is 29.8 Å². The summed E-state index contributed by atoms with van der Waals surface area (Å²) in [6.07, 6.45) is 0.913. The number of ketones is 1. The molecular weight excluding hydrogens is 268 g/mol. The van der Waals surface area contributed by atoms with Gasteiger partial charge in [-0.3, -0.25) is 4.79 Å². The van der Waals surface area contributed by atoms with Gasteiger partial charge in [0, 0.05) is 13.5 Å². The fourth-order valence-electron chi connectivity index (χ4n) is 2.32. The van der Waals surface area contributed by atoms with Crippen molar-refractivity contribution in [3.8, 4) is 5.75 Å². The summed E-state index contributed by atoms with van der Waals surface area (Å²) < 4.78 is 16.3. The number of rotatable bonds is 8. The van der Waals surface area contributed by atoms with Crippen LogP contribution in [0.3, 0.4) is 0 Å². The molecule has 1 aliphatic carbocycles. The summed E-state index contributed by atoms with van der Waals surface area (Å²) in [6, 6.07) is 8.11. The second kappa shape index (κ2) is 7.57. The van der Waals surface area contributed by atoms with E-state index in [9.17, 15) is 4.79 Å². The molecule has 3 atom stereocenters. The number of ether oxygens (including phenoxy) is 3. The summed E-state index contributed by atoms with van der Waals surface area (Å²) >= 11 is 0. The quantitative estimate of drug-likeness (QED) is 0.691. The zero-order valence-electron chi connectivity index (χ0n) is 13.0. The molecule has 0 aromatic heterocycles. The molecule has 0 spiro atoms. The van der Waals surface area contributed by atoms with E-state index >= 15 is 0 Å². The Morgan fingerprint density at radius 2 is 1.95 bits per heavy atom. The zero-order valence-corrected chi connectivity index (χ0v) is 13.0. The summed E-state index contributed by atoms with van der Waals surface area (Å²) in [5.41, 5.74) is 1.31. The second-order valence-corrected chi connectivity index (χ2v) is 5.49. The van der Waals surface area contributed by atoms with Crippen LogP contribution in [0, 0.1) is 0 Å². The molecule has 4 heteroatoms. The molecule has 2 rings (SSSR count). The van der Waals surface area contributed by atoms with E-state index in [1.165, 1.54) is 5.56 Å². The van der Waals surface area contributed by atoms with Crippen LogP contribution in [-0.4, -0.2) is 38.3 Å². The van der Waals surface area contributed by atoms with Gasteiger partial charge in [0.15, 0.2) is 11.9 Å². The van der Waals surface area contributed by atoms with Crippen LogP contribution in [0.2, 0.25) is 0 Å². The maximum atomic E-state index is 11.6. The van der Waals surface area contributed by atoms with Gasteiger partial charge >= 0.3 is 0 Å². The Labute approximate surface area is 126 Å². The standard InChI is InChI=1S/C17H24O4/c1-4-12(2)13-5-7-14(8-6-13)21-16-11-15(18)17(16)20-10-9-19-3/h5-8,12,16-17H,4,9-11H2,1-3H3. The Morgan fingerprint density at radius 3 is 2.52 bits per heavy atom. The first kappa shape index (κ1) is 16.0. The monoisotopic (exact) mass is 292 g/mol. The van der Waals surface area contributed by atoms with Crippen LogP contribution in [0.25, 0.3) is 0 Å². The molecule has 0 radical (unpaired) electrons. The molecule has 0 heterocycles. The van der Waals surface area contributed by atoms with Crippen molar-refractivity contribution in [2.24, 2.45) is 0 Å². The van der Waals surface area contributed by atoms with Crippen molar-refractivity contribution in [2.45, 2.75) is 44.8 Å². The van der Waals surface area contributed by atoms with Gasteiger partial charge in [-0.05, 0) is 30.0 Å². The van der Waals surface area contributed by atoms with Crippen LogP contribution < -0.4 is 4.74 Å². The van der Waals surface area contributed by atoms with Crippen LogP contribution in [0.4, 0.5) is 0 Å². The number of carbonyl (C=O) groups is 1. The van der Waals surface area contributed by atoms with Crippen molar-refractivity contribution >= 4 is 5.78 Å². The third-order valence-electron chi connectivity index (χ3n) is 3.99. The molecule has 0 N–H and O–H groups in total. The third-order valence-corrected chi connectivity index (χ3v) is 3.99. The highest BCUT2D eigenvalue weighted by Gasteiger charge is 2.42. The number of hydrogen-bond donors (Lipinski definition) is 0. The van der Waals surface area contributed by atoms with Gasteiger partial charge in [-0.25, -0.2) is 0 Å². The molecule has 3 unspecified atom stereocenters. The Morgan fingerprint density at radius 1 is 1.24 bits per heavy atom. The van der Waals surface area contributed by atoms with Crippen LogP contribution in [0.15, 0.2) is 24.3 Å². The summed E-state index contributed by atoms with van der Waals surface area (Å²) in [7, 11) is 1.61. The lowest BCUT2D eigenvalue weighted by atomic mass is 9.90. The van der Waals surface area contributed by atoms with Crippen LogP contribution in [0.1, 0.15) is 38.2 Å². The first-order chi connectivity index (χ1) is 10.2. The largest absolute Gasteiger partial charge is 0.487 e. The molecule has 1 saturated carbocycles. The minimum atomic E-state index is -0.450. The van der Waals surface area contributed by atoms with Gasteiger partial charge in [-0.1, -0.05) is 26.0 Å². The Hall–Kier alpha value is -1.39. The molecular formula is C17H24O4. The second-order valence-electron chi connectivity index (χ2n) is 5.49. The first-order valence-electron chi connectivity index (χ1n) is 7.55. The summed E-state index contributed by atoms with van der Waals surface area (Å²) in [5, 5.41) is 0. The minimum absolute atomic E-state index is 0.104. The Balaban J connectivity index is 1.87. The number of benzene rings is 1. The number of Topliss-reactive ketones (excluding diaryl/α,β-unsaturated/α-hetero) is 1. The Kier molecular flexibility index (Phi) is 5.76. The van der Waals surface area contributed by atoms with Crippen molar-refractivity contribution in [1.82, 2.24) is 0 Å². The molecule has 21 heavy (non-hydrogen) atoms. The molecule has 4 nitrogen and oxygen atoms in total. The Bertz CT molecular complexity index is 454. The molecule has 0 amide bonds. The van der Waals surface area contributed by atoms with Gasteiger partial charge in [0.1, 0.15) is 11.9 Å². The lowest BCUT2D eigenvalue weighted by molar-refractivity contribution is -0.156. The van der Waals surface area contributed by atoms with E-state index in [1.807, 2.05) is 12.1 Å². The smallest absolute Gasteiger partial charge is 0.169 e. The maximum Gasteiger partial charge on any atom is 0.169 e. The number of methoxy groups -OCH3 is 1. The van der Waals surface area contributed by atoms with Gasteiger partial charge in [0.25, 0.3) is 0 Å². The summed E-state index contributed by atoms with van der Waals surface area (Å²) in [4.78, 5) is 11.6. The van der Waals surface area contributed by atoms with Crippen molar-refractivity contribution in [3.63, 3.8) is 0 Å². The predicted molar refractivity (Wildman–Crippen MR) is 80.8 cm³/mol. The van der Waals surface area contributed by atoms with Crippen molar-refractivity contribution in [1.29, 1.82) is 0 Å². The van der Waals surface area contributed by atoms with E-state index in [2.05, 4.69) is 26.0 Å². The predicted octanol–water partition coefficient (Wildman–Crippen LogP) is 2.95. The van der Waals surface area contributed by atoms with E-state index in [0.717, 1.165) is 12.2 Å². The highest BCUT2D eigenvalue weighted by Crippen LogP contribution is 2.27. The van der Waals surface area contributed by atoms with Gasteiger partial charge in [-0.2, -0.15) is 0 Å². The molecule has 1 aliphatic rings. The van der Waals surface area contributed by atoms with Crippen molar-refractivity contribution in [2.75, 3.05) is 20.3 Å². The minimum Gasteiger partial charge on any atom is -0.487 e. The molecule has 0 aliphatic heterocycles. The molecule has 1 fully saturated rings. The molecule has 0 saturated heterocycles. The van der Waals surface area contributed by atoms with E-state index in [0.29, 0.717) is 25.6 Å². The molecule has 1 aromatic rings. The number of hydrogen-bond acceptors (Lipinski definition) is 4. The molecule has 0 bridgehead atoms. The van der Waals surface area contributed by atoms with E-state index in [1.54, 1.807) is 7.11 Å². The van der Waals surface area contributed by atoms with Crippen LogP contribution >= 0.6 is 0 Å². The third kappa shape index (κ3) is 4.05. The highest BCUT2D eigenvalue weighted by atomic mass is 16.6. The molecule has 1 aromatic carbocycles. The van der Waals surface area contributed by atoms with Crippen molar-refractivity contribution < 1.29 is 19.0 Å². The first-order valence-corrected chi connectivity index (χ1v) is 7.55. The van der Waals surface area contributed by atoms with E-state index < -0.39 is 6.10 Å². The lowest BCUT2D eigenvalue weighted by Gasteiger charge is -2.34. The van der Waals surface area contributed by atoms with Gasteiger partial charge in [0.2, 0.25) is 0 Å². The zero-order chi connectivity index (χ0) is 15.2. The van der Waals surface area contributed by atoms with Crippen LogP contribution in [0.5, 0.6) is 5.75 Å². The summed E-state index contributed by atoms with van der Waals surface area (Å²) in [5.74, 6) is 1.45. The van der Waals surface area contributed by atoms with Crippen LogP contribution in [-0.2, 0) is 14.3 Å². The normalized spacial score (nSPS) is 22.7. The fraction of sp³-hybridized carbons (Fsp3) is 0.588. The average molecular weight is 292 g/mol. The van der Waals surface area contributed by atoms with E-state index in [4.69, 9.17) is 14.2 Å². The van der Waals surface area contributed by atoms with Gasteiger partial charge < -0.3 is 14.2 Å².